The van der Waals surface area contributed by atoms with Crippen molar-refractivity contribution in [2.24, 2.45) is 5.41 Å². The average Bonchev–Trinajstić information content (AvgIpc) is 3.17. The minimum atomic E-state index is -0.0132. The smallest absolute Gasteiger partial charge is 0.275 e. The fourth-order valence-corrected chi connectivity index (χ4v) is 4.18. The fraction of sp³-hybridized carbons (Fsp3) is 0.765. The quantitative estimate of drug-likeness (QED) is 0.849. The average molecular weight is 321 g/mol. The van der Waals surface area contributed by atoms with E-state index in [1.54, 1.807) is 7.11 Å². The Balaban J connectivity index is 1.63. The number of ether oxygens (including phenoxy) is 1. The van der Waals surface area contributed by atoms with Crippen molar-refractivity contribution < 1.29 is 13.9 Å². The number of likely N-dealkylation sites (tertiary alicyclic amines) is 2. The maximum atomic E-state index is 12.4. The first-order valence-corrected chi connectivity index (χ1v) is 8.47. The van der Waals surface area contributed by atoms with Gasteiger partial charge in [-0.15, -0.1) is 0 Å². The van der Waals surface area contributed by atoms with Crippen molar-refractivity contribution in [3.05, 3.63) is 18.4 Å². The van der Waals surface area contributed by atoms with E-state index in [9.17, 15) is 4.79 Å². The van der Waals surface area contributed by atoms with Crippen LogP contribution in [0.5, 0.6) is 0 Å². The summed E-state index contributed by atoms with van der Waals surface area (Å²) >= 11 is 0. The Morgan fingerprint density at radius 3 is 2.78 bits per heavy atom. The molecule has 0 aromatic carbocycles. The third kappa shape index (κ3) is 3.28. The van der Waals surface area contributed by atoms with Gasteiger partial charge in [0.1, 0.15) is 6.26 Å². The summed E-state index contributed by atoms with van der Waals surface area (Å²) < 4.78 is 10.3. The van der Waals surface area contributed by atoms with Crippen LogP contribution in [0.15, 0.2) is 17.1 Å². The molecule has 0 N–H and O–H groups in total. The molecule has 128 valence electrons. The lowest BCUT2D eigenvalue weighted by Crippen LogP contribution is -2.45. The minimum Gasteiger partial charge on any atom is -0.451 e. The molecule has 6 nitrogen and oxygen atoms in total. The van der Waals surface area contributed by atoms with E-state index >= 15 is 0 Å². The second kappa shape index (κ2) is 6.61. The second-order valence-electron chi connectivity index (χ2n) is 7.25. The van der Waals surface area contributed by atoms with Crippen LogP contribution in [0, 0.1) is 5.41 Å². The summed E-state index contributed by atoms with van der Waals surface area (Å²) in [7, 11) is 1.78. The van der Waals surface area contributed by atoms with Crippen molar-refractivity contribution in [3.8, 4) is 0 Å². The maximum Gasteiger partial charge on any atom is 0.275 e. The number of rotatable bonds is 4. The zero-order valence-corrected chi connectivity index (χ0v) is 14.3. The van der Waals surface area contributed by atoms with Gasteiger partial charge in [-0.25, -0.2) is 4.98 Å². The van der Waals surface area contributed by atoms with E-state index in [0.717, 1.165) is 39.1 Å². The Morgan fingerprint density at radius 1 is 1.48 bits per heavy atom. The molecule has 2 aliphatic heterocycles. The van der Waals surface area contributed by atoms with Crippen molar-refractivity contribution in [2.75, 3.05) is 33.4 Å². The molecule has 23 heavy (non-hydrogen) atoms. The highest BCUT2D eigenvalue weighted by Gasteiger charge is 2.46. The number of carbonyl (C=O) groups is 1. The van der Waals surface area contributed by atoms with Crippen molar-refractivity contribution in [1.29, 1.82) is 0 Å². The van der Waals surface area contributed by atoms with Gasteiger partial charge in [-0.1, -0.05) is 0 Å². The summed E-state index contributed by atoms with van der Waals surface area (Å²) in [6.45, 7) is 8.02. The van der Waals surface area contributed by atoms with Gasteiger partial charge in [0.2, 0.25) is 0 Å². The van der Waals surface area contributed by atoms with Crippen molar-refractivity contribution in [1.82, 2.24) is 14.8 Å². The number of carbonyl (C=O) groups excluding carboxylic acids is 1. The third-order valence-corrected chi connectivity index (χ3v) is 5.44. The first kappa shape index (κ1) is 16.5. The summed E-state index contributed by atoms with van der Waals surface area (Å²) in [5, 5.41) is 0. The summed E-state index contributed by atoms with van der Waals surface area (Å²) in [6.07, 6.45) is 6.02. The van der Waals surface area contributed by atoms with E-state index in [1.165, 1.54) is 19.1 Å². The first-order valence-electron chi connectivity index (χ1n) is 8.47. The Kier molecular flexibility index (Phi) is 4.73. The van der Waals surface area contributed by atoms with Gasteiger partial charge in [-0.2, -0.15) is 0 Å². The van der Waals surface area contributed by atoms with Gasteiger partial charge in [-0.3, -0.25) is 9.69 Å². The Morgan fingerprint density at radius 2 is 2.22 bits per heavy atom. The normalized spacial score (nSPS) is 24.7. The molecule has 0 aliphatic carbocycles. The van der Waals surface area contributed by atoms with Crippen LogP contribution in [-0.2, 0) is 4.74 Å². The summed E-state index contributed by atoms with van der Waals surface area (Å²) in [4.78, 5) is 20.8. The highest BCUT2D eigenvalue weighted by Crippen LogP contribution is 2.44. The molecule has 2 fully saturated rings. The van der Waals surface area contributed by atoms with Crippen LogP contribution in [0.4, 0.5) is 0 Å². The van der Waals surface area contributed by atoms with Gasteiger partial charge < -0.3 is 14.1 Å². The first-order chi connectivity index (χ1) is 11.0. The van der Waals surface area contributed by atoms with E-state index in [1.807, 2.05) is 4.90 Å². The molecule has 0 bridgehead atoms. The standard InChI is InChI=1S/C17H27N3O3/c1-13(2)20-11-17(8-14(20)9-22-3)4-6-19(7-5-17)16(21)15-10-23-12-18-15/h10,12-14H,4-9,11H2,1-3H3/t14-/m1/s1. The van der Waals surface area contributed by atoms with Gasteiger partial charge in [0.05, 0.1) is 6.61 Å². The lowest BCUT2D eigenvalue weighted by Gasteiger charge is -2.39. The molecule has 3 rings (SSSR count). The summed E-state index contributed by atoms with van der Waals surface area (Å²) in [5.41, 5.74) is 0.738. The number of hydrogen-bond donors (Lipinski definition) is 0. The summed E-state index contributed by atoms with van der Waals surface area (Å²) in [6, 6.07) is 1.03. The van der Waals surface area contributed by atoms with E-state index in [2.05, 4.69) is 23.7 Å². The predicted molar refractivity (Wildman–Crippen MR) is 86.2 cm³/mol. The SMILES string of the molecule is COC[C@H]1CC2(CCN(C(=O)c3cocn3)CC2)CN1C(C)C. The monoisotopic (exact) mass is 321 g/mol. The molecule has 0 unspecified atom stereocenters. The van der Waals surface area contributed by atoms with Crippen molar-refractivity contribution >= 4 is 5.91 Å². The largest absolute Gasteiger partial charge is 0.451 e. The van der Waals surface area contributed by atoms with Crippen LogP contribution in [0.1, 0.15) is 43.6 Å². The van der Waals surface area contributed by atoms with Crippen LogP contribution < -0.4 is 0 Å². The molecule has 3 heterocycles. The van der Waals surface area contributed by atoms with Gasteiger partial charge in [0, 0.05) is 38.8 Å². The zero-order valence-electron chi connectivity index (χ0n) is 14.3. The lowest BCUT2D eigenvalue weighted by molar-refractivity contribution is 0.0576. The molecule has 1 amide bonds. The number of nitrogens with zero attached hydrogens (tertiary/aromatic N) is 3. The molecular weight excluding hydrogens is 294 g/mol. The van der Waals surface area contributed by atoms with Crippen LogP contribution in [0.25, 0.3) is 0 Å². The van der Waals surface area contributed by atoms with Crippen LogP contribution in [-0.4, -0.2) is 66.1 Å². The highest BCUT2D eigenvalue weighted by molar-refractivity contribution is 5.91. The topological polar surface area (TPSA) is 58.8 Å². The number of amides is 1. The minimum absolute atomic E-state index is 0.0132. The highest BCUT2D eigenvalue weighted by atomic mass is 16.5. The van der Waals surface area contributed by atoms with Crippen LogP contribution in [0.3, 0.4) is 0 Å². The molecule has 2 saturated heterocycles. The Bertz CT molecular complexity index is 521. The molecule has 1 aromatic rings. The molecule has 1 spiro atoms. The number of oxazole rings is 1. The molecule has 1 aromatic heterocycles. The fourth-order valence-electron chi connectivity index (χ4n) is 4.18. The maximum absolute atomic E-state index is 12.4. The van der Waals surface area contributed by atoms with E-state index in [4.69, 9.17) is 9.15 Å². The Labute approximate surface area is 137 Å². The zero-order chi connectivity index (χ0) is 16.4. The van der Waals surface area contributed by atoms with Crippen LogP contribution >= 0.6 is 0 Å². The van der Waals surface area contributed by atoms with Crippen molar-refractivity contribution in [2.45, 2.75) is 45.2 Å². The molecule has 1 atom stereocenters. The molecule has 2 aliphatic rings. The van der Waals surface area contributed by atoms with Gasteiger partial charge in [0.15, 0.2) is 12.1 Å². The van der Waals surface area contributed by atoms with E-state index in [-0.39, 0.29) is 5.91 Å². The molecule has 6 heteroatoms. The number of piperidine rings is 1. The predicted octanol–water partition coefficient (Wildman–Crippen LogP) is 2.03. The molecule has 0 saturated carbocycles. The molecule has 0 radical (unpaired) electrons. The second-order valence-corrected chi connectivity index (χ2v) is 7.25. The van der Waals surface area contributed by atoms with Crippen molar-refractivity contribution in [3.63, 3.8) is 0 Å². The van der Waals surface area contributed by atoms with Gasteiger partial charge in [-0.05, 0) is 38.5 Å². The summed E-state index contributed by atoms with van der Waals surface area (Å²) in [5.74, 6) is -0.0132. The van der Waals surface area contributed by atoms with Gasteiger partial charge >= 0.3 is 0 Å². The number of hydrogen-bond acceptors (Lipinski definition) is 5. The van der Waals surface area contributed by atoms with E-state index in [0.29, 0.717) is 23.2 Å². The third-order valence-electron chi connectivity index (χ3n) is 5.44. The number of methoxy groups -OCH3 is 1. The number of aromatic nitrogens is 1. The molecular formula is C17H27N3O3. The Hall–Kier alpha value is -1.40. The lowest BCUT2D eigenvalue weighted by atomic mass is 9.76. The van der Waals surface area contributed by atoms with Gasteiger partial charge in [0.25, 0.3) is 5.91 Å². The van der Waals surface area contributed by atoms with Crippen LogP contribution in [0.2, 0.25) is 0 Å². The van der Waals surface area contributed by atoms with E-state index < -0.39 is 0 Å².